The van der Waals surface area contributed by atoms with Gasteiger partial charge in [-0.15, -0.1) is 0 Å². The fraction of sp³-hybridized carbons (Fsp3) is 0.562. The molecule has 0 bridgehead atoms. The number of carbonyl (C=O) groups is 1. The van der Waals surface area contributed by atoms with E-state index in [9.17, 15) is 13.2 Å². The van der Waals surface area contributed by atoms with Crippen molar-refractivity contribution >= 4 is 16.1 Å². The number of carboxylic acid groups (broad SMARTS) is 1. The Morgan fingerprint density at radius 2 is 1.75 bits per heavy atom. The lowest BCUT2D eigenvalue weighted by Gasteiger charge is -2.28. The third-order valence-electron chi connectivity index (χ3n) is 3.14. The Hall–Kier alpha value is -1.48. The highest BCUT2D eigenvalue weighted by Gasteiger charge is 2.22. The summed E-state index contributed by atoms with van der Waals surface area (Å²) in [4.78, 5) is 11.0. The predicted molar refractivity (Wildman–Crippen MR) is 89.2 cm³/mol. The number of nitrogens with zero attached hydrogens (tertiary/aromatic N) is 1. The number of rotatable bonds is 10. The molecule has 1 aromatic carbocycles. The summed E-state index contributed by atoms with van der Waals surface area (Å²) in [6.07, 6.45) is -0.645. The summed E-state index contributed by atoms with van der Waals surface area (Å²) in [5, 5.41) is 8.92. The van der Waals surface area contributed by atoms with E-state index < -0.39 is 22.2 Å². The van der Waals surface area contributed by atoms with Crippen LogP contribution in [-0.2, 0) is 23.8 Å². The SMILES string of the molecule is Cc1ccc(S(=O)(=O)OCCOC(CC(=O)O)C[N+](C)(C)C)cc1. The van der Waals surface area contributed by atoms with E-state index in [4.69, 9.17) is 14.0 Å². The molecule has 8 heteroatoms. The zero-order valence-corrected chi connectivity index (χ0v) is 15.4. The largest absolute Gasteiger partial charge is 0.481 e. The molecular formula is C16H26NO6S+. The molecule has 136 valence electrons. The van der Waals surface area contributed by atoms with Gasteiger partial charge in [-0.25, -0.2) is 0 Å². The molecule has 0 amide bonds. The number of carboxylic acids is 1. The topological polar surface area (TPSA) is 89.9 Å². The number of likely N-dealkylation sites (N-methyl/N-ethyl adjacent to an activating group) is 1. The van der Waals surface area contributed by atoms with Crippen LogP contribution in [0.4, 0.5) is 0 Å². The van der Waals surface area contributed by atoms with Crippen molar-refractivity contribution in [2.24, 2.45) is 0 Å². The Kier molecular flexibility index (Phi) is 7.34. The zero-order valence-electron chi connectivity index (χ0n) is 14.6. The predicted octanol–water partition coefficient (Wildman–Crippen LogP) is 1.27. The van der Waals surface area contributed by atoms with Crippen molar-refractivity contribution in [3.63, 3.8) is 0 Å². The Labute approximate surface area is 143 Å². The van der Waals surface area contributed by atoms with Crippen molar-refractivity contribution < 1.29 is 31.7 Å². The molecule has 1 atom stereocenters. The van der Waals surface area contributed by atoms with E-state index in [1.54, 1.807) is 12.1 Å². The van der Waals surface area contributed by atoms with Crippen LogP contribution >= 0.6 is 0 Å². The molecule has 0 radical (unpaired) electrons. The number of hydrogen-bond acceptors (Lipinski definition) is 5. The normalized spacial score (nSPS) is 13.7. The molecule has 0 saturated heterocycles. The molecule has 1 rings (SSSR count). The van der Waals surface area contributed by atoms with Crippen LogP contribution < -0.4 is 0 Å². The Balaban J connectivity index is 2.52. The van der Waals surface area contributed by atoms with Crippen molar-refractivity contribution in [3.05, 3.63) is 29.8 Å². The third-order valence-corrected chi connectivity index (χ3v) is 4.47. The molecule has 0 saturated carbocycles. The van der Waals surface area contributed by atoms with Gasteiger partial charge in [0.15, 0.2) is 0 Å². The van der Waals surface area contributed by atoms with Crippen molar-refractivity contribution in [2.75, 3.05) is 40.9 Å². The van der Waals surface area contributed by atoms with Gasteiger partial charge in [0.25, 0.3) is 10.1 Å². The lowest BCUT2D eigenvalue weighted by atomic mass is 10.2. The molecule has 1 unspecified atom stereocenters. The van der Waals surface area contributed by atoms with Crippen LogP contribution in [-0.4, -0.2) is 71.0 Å². The number of aryl methyl sites for hydroxylation is 1. The summed E-state index contributed by atoms with van der Waals surface area (Å²) in [6, 6.07) is 6.35. The second kappa shape index (κ2) is 8.57. The number of benzene rings is 1. The first kappa shape index (κ1) is 20.6. The van der Waals surface area contributed by atoms with E-state index in [1.165, 1.54) is 12.1 Å². The number of hydrogen-bond donors (Lipinski definition) is 1. The molecule has 0 aliphatic rings. The molecule has 24 heavy (non-hydrogen) atoms. The lowest BCUT2D eigenvalue weighted by Crippen LogP contribution is -2.43. The van der Waals surface area contributed by atoms with Crippen molar-refractivity contribution in [2.45, 2.75) is 24.3 Å². The van der Waals surface area contributed by atoms with E-state index >= 15 is 0 Å². The van der Waals surface area contributed by atoms with Gasteiger partial charge in [0.1, 0.15) is 12.6 Å². The van der Waals surface area contributed by atoms with Gasteiger partial charge in [0.05, 0.1) is 45.7 Å². The second-order valence-electron chi connectivity index (χ2n) is 6.65. The maximum absolute atomic E-state index is 12.0. The highest BCUT2D eigenvalue weighted by atomic mass is 32.2. The summed E-state index contributed by atoms with van der Waals surface area (Å²) in [5.41, 5.74) is 0.953. The molecule has 0 aliphatic carbocycles. The van der Waals surface area contributed by atoms with Gasteiger partial charge < -0.3 is 14.3 Å². The lowest BCUT2D eigenvalue weighted by molar-refractivity contribution is -0.873. The smallest absolute Gasteiger partial charge is 0.306 e. The van der Waals surface area contributed by atoms with Crippen LogP contribution in [0, 0.1) is 6.92 Å². The van der Waals surface area contributed by atoms with Crippen LogP contribution in [0.2, 0.25) is 0 Å². The van der Waals surface area contributed by atoms with Gasteiger partial charge in [0.2, 0.25) is 0 Å². The summed E-state index contributed by atoms with van der Waals surface area (Å²) in [6.45, 7) is 2.20. The van der Waals surface area contributed by atoms with E-state index in [-0.39, 0.29) is 24.5 Å². The number of aliphatic carboxylic acids is 1. The van der Waals surface area contributed by atoms with Gasteiger partial charge in [-0.05, 0) is 19.1 Å². The van der Waals surface area contributed by atoms with Crippen LogP contribution in [0.25, 0.3) is 0 Å². The summed E-state index contributed by atoms with van der Waals surface area (Å²) in [5.74, 6) is -0.957. The average Bonchev–Trinajstić information content (AvgIpc) is 2.41. The number of quaternary nitrogens is 1. The molecule has 0 fully saturated rings. The number of ether oxygens (including phenoxy) is 1. The maximum Gasteiger partial charge on any atom is 0.306 e. The van der Waals surface area contributed by atoms with E-state index in [2.05, 4.69) is 0 Å². The summed E-state index contributed by atoms with van der Waals surface area (Å²) < 4.78 is 35.0. The Morgan fingerprint density at radius 1 is 1.17 bits per heavy atom. The monoisotopic (exact) mass is 360 g/mol. The van der Waals surface area contributed by atoms with Crippen molar-refractivity contribution in [1.29, 1.82) is 0 Å². The van der Waals surface area contributed by atoms with Crippen molar-refractivity contribution in [3.8, 4) is 0 Å². The summed E-state index contributed by atoms with van der Waals surface area (Å²) >= 11 is 0. The quantitative estimate of drug-likeness (QED) is 0.384. The molecular weight excluding hydrogens is 334 g/mol. The van der Waals surface area contributed by atoms with E-state index in [0.29, 0.717) is 11.0 Å². The standard InChI is InChI=1S/C16H25NO6S/c1-13-5-7-15(8-6-13)24(20,21)23-10-9-22-14(11-16(18)19)12-17(2,3)4/h5-8,14H,9-12H2,1-4H3/p+1. The highest BCUT2D eigenvalue weighted by Crippen LogP contribution is 2.13. The molecule has 1 N–H and O–H groups in total. The fourth-order valence-corrected chi connectivity index (χ4v) is 3.01. The first-order valence-corrected chi connectivity index (χ1v) is 9.00. The van der Waals surface area contributed by atoms with Crippen LogP contribution in [0.3, 0.4) is 0 Å². The maximum atomic E-state index is 12.0. The van der Waals surface area contributed by atoms with Gasteiger partial charge in [-0.1, -0.05) is 17.7 Å². The van der Waals surface area contributed by atoms with Gasteiger partial charge in [-0.3, -0.25) is 8.98 Å². The van der Waals surface area contributed by atoms with Gasteiger partial charge in [-0.2, -0.15) is 8.42 Å². The van der Waals surface area contributed by atoms with Crippen LogP contribution in [0.1, 0.15) is 12.0 Å². The second-order valence-corrected chi connectivity index (χ2v) is 8.27. The minimum Gasteiger partial charge on any atom is -0.481 e. The van der Waals surface area contributed by atoms with E-state index in [0.717, 1.165) is 5.56 Å². The zero-order chi connectivity index (χ0) is 18.4. The van der Waals surface area contributed by atoms with Gasteiger partial charge >= 0.3 is 5.97 Å². The fourth-order valence-electron chi connectivity index (χ4n) is 2.11. The summed E-state index contributed by atoms with van der Waals surface area (Å²) in [7, 11) is 1.95. The molecule has 0 heterocycles. The molecule has 0 spiro atoms. The van der Waals surface area contributed by atoms with Crippen molar-refractivity contribution in [1.82, 2.24) is 0 Å². The van der Waals surface area contributed by atoms with Crippen LogP contribution in [0.5, 0.6) is 0 Å². The molecule has 7 nitrogen and oxygen atoms in total. The molecule has 0 aliphatic heterocycles. The third kappa shape index (κ3) is 7.87. The minimum absolute atomic E-state index is 0.00301. The highest BCUT2D eigenvalue weighted by molar-refractivity contribution is 7.86. The average molecular weight is 360 g/mol. The van der Waals surface area contributed by atoms with E-state index in [1.807, 2.05) is 28.1 Å². The molecule has 1 aromatic rings. The van der Waals surface area contributed by atoms with Gasteiger partial charge in [0, 0.05) is 0 Å². The minimum atomic E-state index is -3.83. The van der Waals surface area contributed by atoms with Crippen LogP contribution in [0.15, 0.2) is 29.2 Å². The first-order valence-electron chi connectivity index (χ1n) is 7.59. The Bertz CT molecular complexity index is 634. The molecule has 0 aromatic heterocycles. The first-order chi connectivity index (χ1) is 11.0. The Morgan fingerprint density at radius 3 is 2.25 bits per heavy atom.